The van der Waals surface area contributed by atoms with Crippen LogP contribution in [-0.4, -0.2) is 12.7 Å². The van der Waals surface area contributed by atoms with E-state index in [1.54, 1.807) is 26.8 Å². The van der Waals surface area contributed by atoms with E-state index < -0.39 is 18.6 Å². The maximum atomic E-state index is 12.4. The highest BCUT2D eigenvalue weighted by atomic mass is 19.4. The predicted octanol–water partition coefficient (Wildman–Crippen LogP) is 3.25. The molecule has 1 N–H and O–H groups in total. The fourth-order valence-corrected chi connectivity index (χ4v) is 1.72. The molecule has 18 heavy (non-hydrogen) atoms. The number of nitrogens with zero attached hydrogens (tertiary/aromatic N) is 1. The number of hydrogen-bond acceptors (Lipinski definition) is 3. The van der Waals surface area contributed by atoms with Gasteiger partial charge in [-0.1, -0.05) is 0 Å². The minimum absolute atomic E-state index is 0.291. The largest absolute Gasteiger partial charge is 0.466 e. The van der Waals surface area contributed by atoms with E-state index in [4.69, 9.17) is 9.68 Å². The standard InChI is InChI=1S/C12H15F3N2O/c1-7-4-11(9(3)18-7)8(2)17-6-10(5-16)12(13,14)15/h4,8,10,17H,6H2,1-3H3. The normalized spacial score (nSPS) is 15.2. The smallest absolute Gasteiger partial charge is 0.405 e. The maximum absolute atomic E-state index is 12.4. The lowest BCUT2D eigenvalue weighted by atomic mass is 10.1. The zero-order valence-corrected chi connectivity index (χ0v) is 10.4. The van der Waals surface area contributed by atoms with Gasteiger partial charge in [-0.3, -0.25) is 0 Å². The molecule has 2 unspecified atom stereocenters. The minimum atomic E-state index is -4.50. The first-order valence-electron chi connectivity index (χ1n) is 5.52. The summed E-state index contributed by atoms with van der Waals surface area (Å²) in [5, 5.41) is 11.2. The topological polar surface area (TPSA) is 49.0 Å². The summed E-state index contributed by atoms with van der Waals surface area (Å²) in [6, 6.07) is 2.75. The molecule has 0 bridgehead atoms. The van der Waals surface area contributed by atoms with Crippen LogP contribution >= 0.6 is 0 Å². The molecule has 0 saturated heterocycles. The number of halogens is 3. The maximum Gasteiger partial charge on any atom is 0.405 e. The first kappa shape index (κ1) is 14.6. The number of aryl methyl sites for hydroxylation is 2. The van der Waals surface area contributed by atoms with Crippen molar-refractivity contribution in [2.24, 2.45) is 5.92 Å². The van der Waals surface area contributed by atoms with E-state index in [2.05, 4.69) is 5.32 Å². The van der Waals surface area contributed by atoms with Crippen molar-refractivity contribution < 1.29 is 17.6 Å². The highest BCUT2D eigenvalue weighted by Gasteiger charge is 2.39. The van der Waals surface area contributed by atoms with E-state index in [1.165, 1.54) is 6.07 Å². The van der Waals surface area contributed by atoms with Crippen LogP contribution in [0.2, 0.25) is 0 Å². The molecule has 0 saturated carbocycles. The van der Waals surface area contributed by atoms with E-state index in [0.29, 0.717) is 11.5 Å². The highest BCUT2D eigenvalue weighted by Crippen LogP contribution is 2.26. The number of hydrogen-bond donors (Lipinski definition) is 1. The molecule has 0 fully saturated rings. The van der Waals surface area contributed by atoms with Gasteiger partial charge in [-0.05, 0) is 26.8 Å². The third-order valence-corrected chi connectivity index (χ3v) is 2.72. The lowest BCUT2D eigenvalue weighted by molar-refractivity contribution is -0.157. The molecule has 0 amide bonds. The van der Waals surface area contributed by atoms with Gasteiger partial charge < -0.3 is 9.73 Å². The summed E-state index contributed by atoms with van der Waals surface area (Å²) in [6.07, 6.45) is -4.50. The fourth-order valence-electron chi connectivity index (χ4n) is 1.72. The fraction of sp³-hybridized carbons (Fsp3) is 0.583. The third-order valence-electron chi connectivity index (χ3n) is 2.72. The molecule has 1 aromatic rings. The summed E-state index contributed by atoms with van der Waals surface area (Å²) in [6.45, 7) is 4.84. The second kappa shape index (κ2) is 5.44. The quantitative estimate of drug-likeness (QED) is 0.904. The molecular weight excluding hydrogens is 245 g/mol. The Morgan fingerprint density at radius 1 is 1.44 bits per heavy atom. The molecule has 0 aliphatic rings. The van der Waals surface area contributed by atoms with Gasteiger partial charge in [-0.25, -0.2) is 0 Å². The molecule has 1 rings (SSSR count). The molecule has 0 aliphatic carbocycles. The Bertz CT molecular complexity index is 445. The molecule has 100 valence electrons. The van der Waals surface area contributed by atoms with Gasteiger partial charge in [0.2, 0.25) is 0 Å². The second-order valence-electron chi connectivity index (χ2n) is 4.22. The van der Waals surface area contributed by atoms with Gasteiger partial charge in [0, 0.05) is 18.2 Å². The van der Waals surface area contributed by atoms with Crippen molar-refractivity contribution in [3.8, 4) is 6.07 Å². The van der Waals surface area contributed by atoms with Crippen molar-refractivity contribution in [1.82, 2.24) is 5.32 Å². The summed E-state index contributed by atoms with van der Waals surface area (Å²) in [7, 11) is 0. The molecule has 0 radical (unpaired) electrons. The van der Waals surface area contributed by atoms with Crippen LogP contribution in [0.3, 0.4) is 0 Å². The third kappa shape index (κ3) is 3.50. The molecule has 1 aromatic heterocycles. The van der Waals surface area contributed by atoms with Crippen molar-refractivity contribution in [3.63, 3.8) is 0 Å². The van der Waals surface area contributed by atoms with Crippen LogP contribution in [-0.2, 0) is 0 Å². The van der Waals surface area contributed by atoms with Crippen molar-refractivity contribution in [2.75, 3.05) is 6.54 Å². The van der Waals surface area contributed by atoms with Gasteiger partial charge in [0.25, 0.3) is 0 Å². The molecular formula is C12H15F3N2O. The summed E-state index contributed by atoms with van der Waals surface area (Å²) < 4.78 is 42.4. The number of nitriles is 1. The van der Waals surface area contributed by atoms with Crippen molar-refractivity contribution in [2.45, 2.75) is 33.0 Å². The average molecular weight is 260 g/mol. The van der Waals surface area contributed by atoms with Gasteiger partial charge in [0.15, 0.2) is 5.92 Å². The van der Waals surface area contributed by atoms with Crippen LogP contribution in [0, 0.1) is 31.1 Å². The molecule has 0 spiro atoms. The van der Waals surface area contributed by atoms with Crippen LogP contribution in [0.1, 0.15) is 30.0 Å². The molecule has 0 aliphatic heterocycles. The van der Waals surface area contributed by atoms with Crippen LogP contribution in [0.15, 0.2) is 10.5 Å². The van der Waals surface area contributed by atoms with Gasteiger partial charge in [0.1, 0.15) is 11.5 Å². The first-order valence-corrected chi connectivity index (χ1v) is 5.52. The Balaban J connectivity index is 2.64. The number of furan rings is 1. The number of rotatable bonds is 4. The average Bonchev–Trinajstić information content (AvgIpc) is 2.56. The van der Waals surface area contributed by atoms with E-state index in [-0.39, 0.29) is 6.04 Å². The van der Waals surface area contributed by atoms with Crippen LogP contribution in [0.5, 0.6) is 0 Å². The predicted molar refractivity (Wildman–Crippen MR) is 59.8 cm³/mol. The van der Waals surface area contributed by atoms with Crippen LogP contribution in [0.25, 0.3) is 0 Å². The van der Waals surface area contributed by atoms with Crippen molar-refractivity contribution >= 4 is 0 Å². The Labute approximate surface area is 104 Å². The summed E-state index contributed by atoms with van der Waals surface area (Å²) in [4.78, 5) is 0. The Morgan fingerprint density at radius 2 is 2.06 bits per heavy atom. The van der Waals surface area contributed by atoms with E-state index in [0.717, 1.165) is 5.56 Å². The summed E-state index contributed by atoms with van der Waals surface area (Å²) in [5.41, 5.74) is 0.811. The zero-order valence-electron chi connectivity index (χ0n) is 10.4. The van der Waals surface area contributed by atoms with Gasteiger partial charge in [-0.2, -0.15) is 18.4 Å². The molecule has 1 heterocycles. The lowest BCUT2D eigenvalue weighted by Crippen LogP contribution is -2.33. The number of alkyl halides is 3. The van der Waals surface area contributed by atoms with E-state index >= 15 is 0 Å². The van der Waals surface area contributed by atoms with E-state index in [9.17, 15) is 13.2 Å². The summed E-state index contributed by atoms with van der Waals surface area (Å²) >= 11 is 0. The number of nitrogens with one attached hydrogen (secondary N) is 1. The monoisotopic (exact) mass is 260 g/mol. The van der Waals surface area contributed by atoms with Crippen molar-refractivity contribution in [1.29, 1.82) is 5.26 Å². The molecule has 6 heteroatoms. The SMILES string of the molecule is Cc1cc(C(C)NCC(C#N)C(F)(F)F)c(C)o1. The minimum Gasteiger partial charge on any atom is -0.466 e. The lowest BCUT2D eigenvalue weighted by Gasteiger charge is -2.17. The van der Waals surface area contributed by atoms with Gasteiger partial charge in [0.05, 0.1) is 6.07 Å². The molecule has 3 nitrogen and oxygen atoms in total. The molecule has 0 aromatic carbocycles. The van der Waals surface area contributed by atoms with Gasteiger partial charge >= 0.3 is 6.18 Å². The summed E-state index contributed by atoms with van der Waals surface area (Å²) in [5.74, 6) is -0.606. The first-order chi connectivity index (χ1) is 8.25. The zero-order chi connectivity index (χ0) is 13.9. The molecule has 2 atom stereocenters. The van der Waals surface area contributed by atoms with Crippen LogP contribution < -0.4 is 5.32 Å². The Hall–Kier alpha value is -1.48. The van der Waals surface area contributed by atoms with E-state index in [1.807, 2.05) is 0 Å². The van der Waals surface area contributed by atoms with Gasteiger partial charge in [-0.15, -0.1) is 0 Å². The van der Waals surface area contributed by atoms with Crippen LogP contribution in [0.4, 0.5) is 13.2 Å². The van der Waals surface area contributed by atoms with Crippen molar-refractivity contribution in [3.05, 3.63) is 23.2 Å². The Kier molecular flexibility index (Phi) is 4.41. The second-order valence-corrected chi connectivity index (χ2v) is 4.22. The highest BCUT2D eigenvalue weighted by molar-refractivity contribution is 5.23. The Morgan fingerprint density at radius 3 is 2.44 bits per heavy atom.